The second kappa shape index (κ2) is 6.14. The molecular formula is C14H19N3O4S2. The zero-order valence-electron chi connectivity index (χ0n) is 12.6. The molecular weight excluding hydrogens is 338 g/mol. The van der Waals surface area contributed by atoms with Gasteiger partial charge in [0.15, 0.2) is 0 Å². The molecule has 9 heteroatoms. The van der Waals surface area contributed by atoms with Crippen LogP contribution in [-0.2, 0) is 20.2 Å². The van der Waals surface area contributed by atoms with E-state index in [9.17, 15) is 16.8 Å². The molecule has 0 aromatic heterocycles. The van der Waals surface area contributed by atoms with Gasteiger partial charge in [-0.05, 0) is 31.0 Å². The van der Waals surface area contributed by atoms with Gasteiger partial charge in [-0.25, -0.2) is 8.42 Å². The molecule has 126 valence electrons. The summed E-state index contributed by atoms with van der Waals surface area (Å²) in [5.74, 6) is 0.128. The SMILES string of the molecule is O=S1(=O)CCCN1c1cccc(NS(=O)(=O)N2CC=CCC2)c1. The Kier molecular flexibility index (Phi) is 4.35. The van der Waals surface area contributed by atoms with Crippen molar-refractivity contribution < 1.29 is 16.8 Å². The summed E-state index contributed by atoms with van der Waals surface area (Å²) in [6, 6.07) is 6.49. The molecule has 2 heterocycles. The lowest BCUT2D eigenvalue weighted by Crippen LogP contribution is -2.38. The molecule has 0 aliphatic carbocycles. The first-order valence-electron chi connectivity index (χ1n) is 7.42. The van der Waals surface area contributed by atoms with Crippen molar-refractivity contribution in [3.63, 3.8) is 0 Å². The Morgan fingerprint density at radius 1 is 1.13 bits per heavy atom. The number of nitrogens with zero attached hydrogens (tertiary/aromatic N) is 2. The van der Waals surface area contributed by atoms with Crippen molar-refractivity contribution >= 4 is 31.6 Å². The molecule has 2 aliphatic heterocycles. The van der Waals surface area contributed by atoms with Gasteiger partial charge < -0.3 is 0 Å². The van der Waals surface area contributed by atoms with E-state index in [1.165, 1.54) is 8.61 Å². The van der Waals surface area contributed by atoms with Gasteiger partial charge in [0.05, 0.1) is 17.1 Å². The lowest BCUT2D eigenvalue weighted by molar-refractivity contribution is 0.441. The molecule has 2 aliphatic rings. The topological polar surface area (TPSA) is 86.8 Å². The van der Waals surface area contributed by atoms with Crippen molar-refractivity contribution in [2.45, 2.75) is 12.8 Å². The minimum Gasteiger partial charge on any atom is -0.271 e. The Morgan fingerprint density at radius 3 is 2.61 bits per heavy atom. The highest BCUT2D eigenvalue weighted by molar-refractivity contribution is 7.93. The Bertz CT molecular complexity index is 818. The van der Waals surface area contributed by atoms with Crippen LogP contribution in [0.3, 0.4) is 0 Å². The second-order valence-corrected chi connectivity index (χ2v) is 9.20. The molecule has 1 aromatic carbocycles. The van der Waals surface area contributed by atoms with E-state index in [0.717, 1.165) is 0 Å². The van der Waals surface area contributed by atoms with Crippen LogP contribution in [-0.4, -0.2) is 46.5 Å². The number of hydrogen-bond donors (Lipinski definition) is 1. The average Bonchev–Trinajstić information content (AvgIpc) is 2.87. The van der Waals surface area contributed by atoms with E-state index < -0.39 is 20.2 Å². The van der Waals surface area contributed by atoms with Crippen molar-refractivity contribution in [2.24, 2.45) is 0 Å². The van der Waals surface area contributed by atoms with Gasteiger partial charge in [-0.15, -0.1) is 0 Å². The summed E-state index contributed by atoms with van der Waals surface area (Å²) in [5, 5.41) is 0. The van der Waals surface area contributed by atoms with Crippen molar-refractivity contribution in [3.05, 3.63) is 36.4 Å². The van der Waals surface area contributed by atoms with E-state index in [1.54, 1.807) is 24.3 Å². The Hall–Kier alpha value is -1.58. The molecule has 1 saturated heterocycles. The van der Waals surface area contributed by atoms with Crippen LogP contribution in [0.5, 0.6) is 0 Å². The molecule has 0 atom stereocenters. The molecule has 23 heavy (non-hydrogen) atoms. The average molecular weight is 357 g/mol. The van der Waals surface area contributed by atoms with Crippen LogP contribution in [0.4, 0.5) is 11.4 Å². The summed E-state index contributed by atoms with van der Waals surface area (Å²) >= 11 is 0. The summed E-state index contributed by atoms with van der Waals surface area (Å²) < 4.78 is 53.9. The van der Waals surface area contributed by atoms with Gasteiger partial charge >= 0.3 is 10.2 Å². The maximum Gasteiger partial charge on any atom is 0.301 e. The lowest BCUT2D eigenvalue weighted by Gasteiger charge is -2.24. The molecule has 1 N–H and O–H groups in total. The zero-order valence-corrected chi connectivity index (χ0v) is 14.2. The number of rotatable bonds is 4. The first-order chi connectivity index (χ1) is 10.9. The molecule has 0 unspecified atom stereocenters. The maximum atomic E-state index is 12.4. The van der Waals surface area contributed by atoms with E-state index in [0.29, 0.717) is 43.9 Å². The normalized spacial score (nSPS) is 21.5. The van der Waals surface area contributed by atoms with Crippen LogP contribution in [0.15, 0.2) is 36.4 Å². The van der Waals surface area contributed by atoms with E-state index >= 15 is 0 Å². The molecule has 1 fully saturated rings. The smallest absolute Gasteiger partial charge is 0.271 e. The van der Waals surface area contributed by atoms with Crippen molar-refractivity contribution in [1.82, 2.24) is 4.31 Å². The van der Waals surface area contributed by atoms with E-state index in [4.69, 9.17) is 0 Å². The molecule has 3 rings (SSSR count). The van der Waals surface area contributed by atoms with Crippen LogP contribution < -0.4 is 9.03 Å². The summed E-state index contributed by atoms with van der Waals surface area (Å²) in [7, 11) is -6.93. The van der Waals surface area contributed by atoms with Crippen LogP contribution in [0.25, 0.3) is 0 Å². The van der Waals surface area contributed by atoms with Crippen molar-refractivity contribution in [3.8, 4) is 0 Å². The largest absolute Gasteiger partial charge is 0.301 e. The fourth-order valence-electron chi connectivity index (χ4n) is 2.71. The fraction of sp³-hybridized carbons (Fsp3) is 0.429. The first kappa shape index (κ1) is 16.3. The third-order valence-corrected chi connectivity index (χ3v) is 7.22. The maximum absolute atomic E-state index is 12.4. The summed E-state index contributed by atoms with van der Waals surface area (Å²) in [5.41, 5.74) is 0.848. The first-order valence-corrected chi connectivity index (χ1v) is 10.5. The molecule has 0 bridgehead atoms. The van der Waals surface area contributed by atoms with Gasteiger partial charge in [-0.1, -0.05) is 18.2 Å². The molecule has 0 amide bonds. The third kappa shape index (κ3) is 3.51. The van der Waals surface area contributed by atoms with Crippen LogP contribution in [0.2, 0.25) is 0 Å². The van der Waals surface area contributed by atoms with E-state index in [2.05, 4.69) is 4.72 Å². The second-order valence-electron chi connectivity index (χ2n) is 5.52. The number of nitrogens with one attached hydrogen (secondary N) is 1. The molecule has 7 nitrogen and oxygen atoms in total. The molecule has 0 radical (unpaired) electrons. The van der Waals surface area contributed by atoms with Crippen LogP contribution >= 0.6 is 0 Å². The third-order valence-electron chi connectivity index (χ3n) is 3.84. The molecule has 0 spiro atoms. The minimum atomic E-state index is -3.64. The van der Waals surface area contributed by atoms with Gasteiger partial charge in [-0.2, -0.15) is 12.7 Å². The number of anilines is 2. The van der Waals surface area contributed by atoms with Crippen LogP contribution in [0, 0.1) is 0 Å². The number of sulfonamides is 1. The highest BCUT2D eigenvalue weighted by Crippen LogP contribution is 2.27. The van der Waals surface area contributed by atoms with E-state index in [-0.39, 0.29) is 5.75 Å². The predicted octanol–water partition coefficient (Wildman–Crippen LogP) is 1.15. The minimum absolute atomic E-state index is 0.128. The molecule has 0 saturated carbocycles. The quantitative estimate of drug-likeness (QED) is 0.819. The predicted molar refractivity (Wildman–Crippen MR) is 90.1 cm³/mol. The van der Waals surface area contributed by atoms with Gasteiger partial charge in [0.25, 0.3) is 0 Å². The monoisotopic (exact) mass is 357 g/mol. The summed E-state index contributed by atoms with van der Waals surface area (Å²) in [6.45, 7) is 1.21. The van der Waals surface area contributed by atoms with Crippen molar-refractivity contribution in [2.75, 3.05) is 34.4 Å². The Balaban J connectivity index is 1.82. The Morgan fingerprint density at radius 2 is 1.96 bits per heavy atom. The van der Waals surface area contributed by atoms with E-state index in [1.807, 2.05) is 12.2 Å². The number of hydrogen-bond acceptors (Lipinski definition) is 4. The van der Waals surface area contributed by atoms with Crippen molar-refractivity contribution in [1.29, 1.82) is 0 Å². The molecule has 1 aromatic rings. The standard InChI is InChI=1S/C14H19N3O4S2/c18-22(19)11-5-10-17(22)14-7-4-6-13(12-14)15-23(20,21)16-8-2-1-3-9-16/h1-2,4,6-7,12,15H,3,5,8-11H2. The summed E-state index contributed by atoms with van der Waals surface area (Å²) in [4.78, 5) is 0. The highest BCUT2D eigenvalue weighted by atomic mass is 32.2. The van der Waals surface area contributed by atoms with Gasteiger partial charge in [0.2, 0.25) is 10.0 Å². The number of benzene rings is 1. The lowest BCUT2D eigenvalue weighted by atomic mass is 10.3. The van der Waals surface area contributed by atoms with Gasteiger partial charge in [0, 0.05) is 19.6 Å². The summed E-state index contributed by atoms with van der Waals surface area (Å²) in [6.07, 6.45) is 5.03. The highest BCUT2D eigenvalue weighted by Gasteiger charge is 2.29. The van der Waals surface area contributed by atoms with Gasteiger partial charge in [-0.3, -0.25) is 9.03 Å². The Labute approximate surface area is 136 Å². The van der Waals surface area contributed by atoms with Gasteiger partial charge in [0.1, 0.15) is 0 Å². The van der Waals surface area contributed by atoms with Crippen LogP contribution in [0.1, 0.15) is 12.8 Å². The zero-order chi connectivity index (χ0) is 16.5. The fourth-order valence-corrected chi connectivity index (χ4v) is 5.44.